The second-order valence-corrected chi connectivity index (χ2v) is 4.49. The highest BCUT2D eigenvalue weighted by Crippen LogP contribution is 2.31. The Hall–Kier alpha value is -2.05. The third-order valence-electron chi connectivity index (χ3n) is 3.00. The molecule has 0 bridgehead atoms. The van der Waals surface area contributed by atoms with Gasteiger partial charge in [0, 0.05) is 5.56 Å². The maximum absolute atomic E-state index is 12.4. The van der Waals surface area contributed by atoms with Gasteiger partial charge in [0.25, 0.3) is 0 Å². The van der Waals surface area contributed by atoms with Crippen molar-refractivity contribution in [3.05, 3.63) is 65.7 Å². The van der Waals surface area contributed by atoms with Crippen LogP contribution in [0.25, 0.3) is 0 Å². The molecule has 112 valence electrons. The molecule has 0 aromatic heterocycles. The Bertz CT molecular complexity index is 573. The van der Waals surface area contributed by atoms with Crippen molar-refractivity contribution in [2.24, 2.45) is 5.84 Å². The van der Waals surface area contributed by atoms with Crippen LogP contribution in [0.15, 0.2) is 54.6 Å². The van der Waals surface area contributed by atoms with Crippen molar-refractivity contribution >= 4 is 0 Å². The van der Waals surface area contributed by atoms with Crippen molar-refractivity contribution in [2.75, 3.05) is 0 Å². The van der Waals surface area contributed by atoms with Crippen LogP contribution in [0.4, 0.5) is 13.2 Å². The minimum Gasteiger partial charge on any atom is -0.405 e. The van der Waals surface area contributed by atoms with Gasteiger partial charge in [-0.15, -0.1) is 13.2 Å². The van der Waals surface area contributed by atoms with Crippen molar-refractivity contribution < 1.29 is 17.9 Å². The summed E-state index contributed by atoms with van der Waals surface area (Å²) in [5, 5.41) is 0. The Labute approximate surface area is 120 Å². The Morgan fingerprint density at radius 2 is 1.62 bits per heavy atom. The first-order chi connectivity index (χ1) is 9.99. The maximum atomic E-state index is 12.4. The third kappa shape index (κ3) is 4.47. The van der Waals surface area contributed by atoms with Gasteiger partial charge in [0.2, 0.25) is 0 Å². The van der Waals surface area contributed by atoms with Gasteiger partial charge >= 0.3 is 6.36 Å². The van der Waals surface area contributed by atoms with Gasteiger partial charge in [0.05, 0.1) is 6.04 Å². The number of ether oxygens (including phenoxy) is 1. The van der Waals surface area contributed by atoms with E-state index in [0.717, 1.165) is 5.56 Å². The minimum absolute atomic E-state index is 0.246. The number of para-hydroxylation sites is 1. The number of hydrogen-bond donors (Lipinski definition) is 2. The van der Waals surface area contributed by atoms with Gasteiger partial charge in [0.1, 0.15) is 5.75 Å². The second-order valence-electron chi connectivity index (χ2n) is 4.49. The fourth-order valence-electron chi connectivity index (χ4n) is 2.09. The van der Waals surface area contributed by atoms with E-state index >= 15 is 0 Å². The van der Waals surface area contributed by atoms with E-state index in [4.69, 9.17) is 5.84 Å². The van der Waals surface area contributed by atoms with E-state index in [1.165, 1.54) is 12.1 Å². The Kier molecular flexibility index (Phi) is 4.82. The first-order valence-electron chi connectivity index (χ1n) is 6.34. The molecule has 21 heavy (non-hydrogen) atoms. The van der Waals surface area contributed by atoms with E-state index in [9.17, 15) is 13.2 Å². The first-order valence-corrected chi connectivity index (χ1v) is 6.34. The molecule has 2 aromatic rings. The molecule has 3 N–H and O–H groups in total. The predicted molar refractivity (Wildman–Crippen MR) is 73.3 cm³/mol. The summed E-state index contributed by atoms with van der Waals surface area (Å²) < 4.78 is 41.4. The zero-order valence-corrected chi connectivity index (χ0v) is 11.1. The fourth-order valence-corrected chi connectivity index (χ4v) is 2.09. The molecule has 0 amide bonds. The lowest BCUT2D eigenvalue weighted by Gasteiger charge is -2.20. The summed E-state index contributed by atoms with van der Waals surface area (Å²) in [5.41, 5.74) is 3.87. The van der Waals surface area contributed by atoms with E-state index in [-0.39, 0.29) is 5.75 Å². The molecule has 0 aliphatic rings. The lowest BCUT2D eigenvalue weighted by molar-refractivity contribution is -0.275. The van der Waals surface area contributed by atoms with Crippen LogP contribution in [0.1, 0.15) is 17.2 Å². The van der Waals surface area contributed by atoms with Gasteiger partial charge in [-0.05, 0) is 18.1 Å². The highest BCUT2D eigenvalue weighted by molar-refractivity contribution is 5.37. The molecular weight excluding hydrogens is 281 g/mol. The normalized spacial score (nSPS) is 13.0. The molecule has 1 atom stereocenters. The molecule has 0 saturated heterocycles. The monoisotopic (exact) mass is 296 g/mol. The lowest BCUT2D eigenvalue weighted by atomic mass is 9.98. The van der Waals surface area contributed by atoms with Crippen molar-refractivity contribution in [1.82, 2.24) is 5.43 Å². The zero-order valence-electron chi connectivity index (χ0n) is 11.1. The second kappa shape index (κ2) is 6.60. The summed E-state index contributed by atoms with van der Waals surface area (Å²) in [6, 6.07) is 14.9. The first kappa shape index (κ1) is 15.3. The zero-order chi connectivity index (χ0) is 15.3. The van der Waals surface area contributed by atoms with Crippen molar-refractivity contribution in [3.63, 3.8) is 0 Å². The van der Waals surface area contributed by atoms with Crippen LogP contribution in [0.3, 0.4) is 0 Å². The van der Waals surface area contributed by atoms with Gasteiger partial charge in [-0.25, -0.2) is 0 Å². The van der Waals surface area contributed by atoms with Crippen LogP contribution in [0.5, 0.6) is 5.75 Å². The lowest BCUT2D eigenvalue weighted by Crippen LogP contribution is -2.30. The number of benzene rings is 2. The van der Waals surface area contributed by atoms with Crippen LogP contribution < -0.4 is 16.0 Å². The summed E-state index contributed by atoms with van der Waals surface area (Å²) in [6.07, 6.45) is -4.28. The number of nitrogens with two attached hydrogens (primary N) is 1. The number of halogens is 3. The van der Waals surface area contributed by atoms with Crippen LogP contribution >= 0.6 is 0 Å². The summed E-state index contributed by atoms with van der Waals surface area (Å²) >= 11 is 0. The number of hydrogen-bond acceptors (Lipinski definition) is 3. The smallest absolute Gasteiger partial charge is 0.405 e. The quantitative estimate of drug-likeness (QED) is 0.657. The highest BCUT2D eigenvalue weighted by Gasteiger charge is 2.32. The van der Waals surface area contributed by atoms with Gasteiger partial charge in [-0.1, -0.05) is 48.5 Å². The van der Waals surface area contributed by atoms with E-state index in [1.54, 1.807) is 12.1 Å². The number of nitrogens with one attached hydrogen (secondary N) is 1. The summed E-state index contributed by atoms with van der Waals surface area (Å²) in [5.74, 6) is 5.25. The molecule has 2 aromatic carbocycles. The predicted octanol–water partition coefficient (Wildman–Crippen LogP) is 3.33. The molecular formula is C15H15F3N2O. The van der Waals surface area contributed by atoms with Crippen molar-refractivity contribution in [3.8, 4) is 5.75 Å². The number of rotatable bonds is 5. The molecule has 0 spiro atoms. The molecule has 0 aliphatic heterocycles. The largest absolute Gasteiger partial charge is 0.573 e. The molecule has 0 radical (unpaired) electrons. The van der Waals surface area contributed by atoms with Crippen LogP contribution in [-0.4, -0.2) is 6.36 Å². The summed E-state index contributed by atoms with van der Waals surface area (Å²) in [6.45, 7) is 0. The number of hydrazine groups is 1. The van der Waals surface area contributed by atoms with E-state index in [2.05, 4.69) is 10.2 Å². The Morgan fingerprint density at radius 1 is 1.00 bits per heavy atom. The third-order valence-corrected chi connectivity index (χ3v) is 3.00. The van der Waals surface area contributed by atoms with E-state index in [1.807, 2.05) is 30.3 Å². The molecule has 0 saturated carbocycles. The highest BCUT2D eigenvalue weighted by atomic mass is 19.4. The van der Waals surface area contributed by atoms with Gasteiger partial charge < -0.3 is 4.74 Å². The standard InChI is InChI=1S/C15H15F3N2O/c16-15(17,18)21-14-9-5-4-8-12(14)13(20-19)10-11-6-2-1-3-7-11/h1-9,13,20H,10,19H2. The average Bonchev–Trinajstić information content (AvgIpc) is 2.45. The van der Waals surface area contributed by atoms with Crippen LogP contribution in [-0.2, 0) is 6.42 Å². The average molecular weight is 296 g/mol. The summed E-state index contributed by atoms with van der Waals surface area (Å²) in [4.78, 5) is 0. The van der Waals surface area contributed by atoms with Crippen molar-refractivity contribution in [1.29, 1.82) is 0 Å². The SMILES string of the molecule is NNC(Cc1ccccc1)c1ccccc1OC(F)(F)F. The van der Waals surface area contributed by atoms with E-state index in [0.29, 0.717) is 12.0 Å². The van der Waals surface area contributed by atoms with Gasteiger partial charge in [-0.2, -0.15) is 0 Å². The number of alkyl halides is 3. The molecule has 0 fully saturated rings. The Balaban J connectivity index is 2.26. The minimum atomic E-state index is -4.73. The molecule has 0 aliphatic carbocycles. The van der Waals surface area contributed by atoms with Gasteiger partial charge in [0.15, 0.2) is 0 Å². The molecule has 3 nitrogen and oxygen atoms in total. The fraction of sp³-hybridized carbons (Fsp3) is 0.200. The van der Waals surface area contributed by atoms with Crippen LogP contribution in [0.2, 0.25) is 0 Å². The molecule has 2 rings (SSSR count). The molecule has 6 heteroatoms. The van der Waals surface area contributed by atoms with Crippen LogP contribution in [0, 0.1) is 0 Å². The van der Waals surface area contributed by atoms with Crippen molar-refractivity contribution in [2.45, 2.75) is 18.8 Å². The summed E-state index contributed by atoms with van der Waals surface area (Å²) in [7, 11) is 0. The van der Waals surface area contributed by atoms with E-state index < -0.39 is 12.4 Å². The topological polar surface area (TPSA) is 47.3 Å². The molecule has 0 heterocycles. The van der Waals surface area contributed by atoms with Gasteiger partial charge in [-0.3, -0.25) is 11.3 Å². The molecule has 1 unspecified atom stereocenters. The Morgan fingerprint density at radius 3 is 2.24 bits per heavy atom. The maximum Gasteiger partial charge on any atom is 0.573 e.